The number of nitrogens with zero attached hydrogens (tertiary/aromatic N) is 3. The lowest BCUT2D eigenvalue weighted by Gasteiger charge is -2.17. The third-order valence-corrected chi connectivity index (χ3v) is 3.11. The van der Waals surface area contributed by atoms with E-state index in [4.69, 9.17) is 5.73 Å². The molecule has 0 spiro atoms. The van der Waals surface area contributed by atoms with Crippen LogP contribution in [0.15, 0.2) is 17.8 Å². The molecule has 0 bridgehead atoms. The lowest BCUT2D eigenvalue weighted by molar-refractivity contribution is 0.401. The second-order valence-electron chi connectivity index (χ2n) is 4.90. The lowest BCUT2D eigenvalue weighted by atomic mass is 9.94. The molecule has 0 aromatic carbocycles. The first kappa shape index (κ1) is 13.1. The zero-order chi connectivity index (χ0) is 12.2. The van der Waals surface area contributed by atoms with Gasteiger partial charge in [-0.3, -0.25) is 4.57 Å². The number of rotatable bonds is 5. The van der Waals surface area contributed by atoms with Crippen LogP contribution in [0, 0.1) is 5.41 Å². The van der Waals surface area contributed by atoms with Crippen molar-refractivity contribution in [1.29, 1.82) is 0 Å². The van der Waals surface area contributed by atoms with Gasteiger partial charge in [0.25, 0.3) is 0 Å². The summed E-state index contributed by atoms with van der Waals surface area (Å²) < 4.78 is 1.88. The number of allylic oxidation sites excluding steroid dienone is 1. The van der Waals surface area contributed by atoms with Crippen molar-refractivity contribution in [2.75, 3.05) is 11.5 Å². The van der Waals surface area contributed by atoms with E-state index in [9.17, 15) is 0 Å². The highest BCUT2D eigenvalue weighted by Gasteiger charge is 2.13. The Bertz CT molecular complexity index is 351. The molecule has 0 atom stereocenters. The summed E-state index contributed by atoms with van der Waals surface area (Å²) in [5.41, 5.74) is 6.06. The van der Waals surface area contributed by atoms with Gasteiger partial charge in [-0.05, 0) is 11.8 Å². The molecular formula is C11H20N4S. The maximum atomic E-state index is 5.71. The molecule has 0 saturated heterocycles. The van der Waals surface area contributed by atoms with Crippen LogP contribution in [0.5, 0.6) is 0 Å². The summed E-state index contributed by atoms with van der Waals surface area (Å²) in [6, 6.07) is 0. The molecule has 1 rings (SSSR count). The first-order valence-electron chi connectivity index (χ1n) is 5.36. The Morgan fingerprint density at radius 2 is 2.12 bits per heavy atom. The molecule has 16 heavy (non-hydrogen) atoms. The van der Waals surface area contributed by atoms with Crippen LogP contribution in [0.2, 0.25) is 0 Å². The molecule has 0 aliphatic heterocycles. The highest BCUT2D eigenvalue weighted by molar-refractivity contribution is 7.99. The maximum absolute atomic E-state index is 5.71. The van der Waals surface area contributed by atoms with E-state index in [1.54, 1.807) is 17.8 Å². The van der Waals surface area contributed by atoms with Gasteiger partial charge in [-0.1, -0.05) is 38.6 Å². The molecule has 4 nitrogen and oxygen atoms in total. The molecule has 1 heterocycles. The zero-order valence-electron chi connectivity index (χ0n) is 10.2. The smallest absolute Gasteiger partial charge is 0.222 e. The minimum absolute atomic E-state index is 0.349. The molecule has 0 aliphatic rings. The summed E-state index contributed by atoms with van der Waals surface area (Å²) in [6.45, 7) is 11.1. The average Bonchev–Trinajstić information content (AvgIpc) is 2.48. The van der Waals surface area contributed by atoms with Crippen molar-refractivity contribution in [2.24, 2.45) is 5.41 Å². The lowest BCUT2D eigenvalue weighted by Crippen LogP contribution is -2.07. The van der Waals surface area contributed by atoms with Crippen molar-refractivity contribution in [3.8, 4) is 0 Å². The van der Waals surface area contributed by atoms with Gasteiger partial charge < -0.3 is 5.73 Å². The second kappa shape index (κ2) is 5.39. The molecule has 1 aromatic heterocycles. The fourth-order valence-corrected chi connectivity index (χ4v) is 2.48. The molecule has 0 aliphatic carbocycles. The van der Waals surface area contributed by atoms with E-state index in [0.717, 1.165) is 17.3 Å². The van der Waals surface area contributed by atoms with Crippen molar-refractivity contribution in [2.45, 2.75) is 38.9 Å². The van der Waals surface area contributed by atoms with E-state index < -0.39 is 0 Å². The predicted molar refractivity (Wildman–Crippen MR) is 69.4 cm³/mol. The van der Waals surface area contributed by atoms with Crippen LogP contribution in [-0.2, 0) is 6.54 Å². The Morgan fingerprint density at radius 1 is 1.44 bits per heavy atom. The van der Waals surface area contributed by atoms with Crippen molar-refractivity contribution in [1.82, 2.24) is 14.8 Å². The van der Waals surface area contributed by atoms with Gasteiger partial charge in [0.15, 0.2) is 5.16 Å². The Kier molecular flexibility index (Phi) is 4.41. The Morgan fingerprint density at radius 3 is 2.69 bits per heavy atom. The highest BCUT2D eigenvalue weighted by Crippen LogP contribution is 2.25. The van der Waals surface area contributed by atoms with Gasteiger partial charge in [-0.2, -0.15) is 0 Å². The minimum Gasteiger partial charge on any atom is -0.368 e. The Hall–Kier alpha value is -0.970. The highest BCUT2D eigenvalue weighted by atomic mass is 32.2. The summed E-state index contributed by atoms with van der Waals surface area (Å²) in [4.78, 5) is 0. The molecular weight excluding hydrogens is 220 g/mol. The number of hydrogen-bond acceptors (Lipinski definition) is 4. The van der Waals surface area contributed by atoms with Crippen LogP contribution in [0.3, 0.4) is 0 Å². The monoisotopic (exact) mass is 240 g/mol. The quantitative estimate of drug-likeness (QED) is 0.635. The summed E-state index contributed by atoms with van der Waals surface area (Å²) in [5.74, 6) is 1.48. The molecule has 90 valence electrons. The Labute approximate surface area is 101 Å². The molecule has 1 aromatic rings. The molecule has 0 unspecified atom stereocenters. The van der Waals surface area contributed by atoms with Gasteiger partial charge in [0, 0.05) is 12.3 Å². The largest absolute Gasteiger partial charge is 0.368 e. The van der Waals surface area contributed by atoms with E-state index in [1.165, 1.54) is 0 Å². The van der Waals surface area contributed by atoms with E-state index in [2.05, 4.69) is 37.5 Å². The van der Waals surface area contributed by atoms with Crippen LogP contribution < -0.4 is 5.73 Å². The predicted octanol–water partition coefficient (Wildman–Crippen LogP) is 2.57. The maximum Gasteiger partial charge on any atom is 0.222 e. The fourth-order valence-electron chi connectivity index (χ4n) is 1.16. The number of thioether (sulfide) groups is 1. The molecule has 0 radical (unpaired) electrons. The SMILES string of the molecule is C=CCn1c(N)nnc1SCCC(C)(C)C. The summed E-state index contributed by atoms with van der Waals surface area (Å²) in [5, 5.41) is 8.81. The molecule has 2 N–H and O–H groups in total. The Balaban J connectivity index is 2.57. The van der Waals surface area contributed by atoms with Crippen LogP contribution in [0.25, 0.3) is 0 Å². The number of hydrogen-bond donors (Lipinski definition) is 1. The van der Waals surface area contributed by atoms with E-state index in [-0.39, 0.29) is 0 Å². The first-order chi connectivity index (χ1) is 7.44. The number of aromatic nitrogens is 3. The summed E-state index contributed by atoms with van der Waals surface area (Å²) >= 11 is 1.70. The van der Waals surface area contributed by atoms with Gasteiger partial charge in [-0.15, -0.1) is 16.8 Å². The van der Waals surface area contributed by atoms with Crippen molar-refractivity contribution in [3.63, 3.8) is 0 Å². The third kappa shape index (κ3) is 3.89. The topological polar surface area (TPSA) is 56.7 Å². The molecule has 0 saturated carbocycles. The van der Waals surface area contributed by atoms with Crippen LogP contribution in [-0.4, -0.2) is 20.5 Å². The average molecular weight is 240 g/mol. The van der Waals surface area contributed by atoms with Crippen LogP contribution in [0.4, 0.5) is 5.95 Å². The van der Waals surface area contributed by atoms with Gasteiger partial charge in [-0.25, -0.2) is 0 Å². The standard InChI is InChI=1S/C11H20N4S/c1-5-7-15-9(12)13-14-10(15)16-8-6-11(2,3)4/h5H,1,6-8H2,2-4H3,(H2,12,13). The summed E-state index contributed by atoms with van der Waals surface area (Å²) in [6.07, 6.45) is 2.94. The van der Waals surface area contributed by atoms with Gasteiger partial charge >= 0.3 is 0 Å². The normalized spacial score (nSPS) is 11.7. The van der Waals surface area contributed by atoms with E-state index >= 15 is 0 Å². The van der Waals surface area contributed by atoms with Crippen LogP contribution >= 0.6 is 11.8 Å². The van der Waals surface area contributed by atoms with Crippen molar-refractivity contribution < 1.29 is 0 Å². The minimum atomic E-state index is 0.349. The first-order valence-corrected chi connectivity index (χ1v) is 6.35. The number of anilines is 1. The van der Waals surface area contributed by atoms with E-state index in [1.807, 2.05) is 4.57 Å². The van der Waals surface area contributed by atoms with Crippen LogP contribution in [0.1, 0.15) is 27.2 Å². The van der Waals surface area contributed by atoms with E-state index in [0.29, 0.717) is 17.9 Å². The fraction of sp³-hybridized carbons (Fsp3) is 0.636. The van der Waals surface area contributed by atoms with Crippen molar-refractivity contribution >= 4 is 17.7 Å². The van der Waals surface area contributed by atoms with Gasteiger partial charge in [0.05, 0.1) is 0 Å². The van der Waals surface area contributed by atoms with Gasteiger partial charge in [0.1, 0.15) is 0 Å². The third-order valence-electron chi connectivity index (χ3n) is 2.14. The molecule has 0 amide bonds. The van der Waals surface area contributed by atoms with Gasteiger partial charge in [0.2, 0.25) is 5.95 Å². The summed E-state index contributed by atoms with van der Waals surface area (Å²) in [7, 11) is 0. The molecule has 5 heteroatoms. The van der Waals surface area contributed by atoms with Crippen molar-refractivity contribution in [3.05, 3.63) is 12.7 Å². The second-order valence-corrected chi connectivity index (χ2v) is 5.96. The number of nitrogen functional groups attached to an aromatic ring is 1. The number of nitrogens with two attached hydrogens (primary N) is 1. The molecule has 0 fully saturated rings. The zero-order valence-corrected chi connectivity index (χ0v) is 11.0.